The van der Waals surface area contributed by atoms with Crippen molar-refractivity contribution in [2.75, 3.05) is 0 Å². The van der Waals surface area contributed by atoms with E-state index in [4.69, 9.17) is 5.73 Å². The Morgan fingerprint density at radius 1 is 0.905 bits per heavy atom. The van der Waals surface area contributed by atoms with Gasteiger partial charge in [-0.25, -0.2) is 0 Å². The number of carbonyl (C=O) groups excluding carboxylic acids is 1. The summed E-state index contributed by atoms with van der Waals surface area (Å²) >= 11 is 0. The Hall–Kier alpha value is -0.570. The molecule has 0 aromatic carbocycles. The number of nitrogens with one attached hydrogen (secondary N) is 1. The predicted molar refractivity (Wildman–Crippen MR) is 81.3 cm³/mol. The number of nitrogens with two attached hydrogens (primary N) is 1. The van der Waals surface area contributed by atoms with Crippen LogP contribution in [0.1, 0.15) is 57.8 Å². The van der Waals surface area contributed by atoms with E-state index < -0.39 is 0 Å². The van der Waals surface area contributed by atoms with Crippen LogP contribution in [0, 0.1) is 35.5 Å². The van der Waals surface area contributed by atoms with Crippen LogP contribution in [-0.2, 0) is 4.79 Å². The molecule has 116 valence electrons. The fourth-order valence-electron chi connectivity index (χ4n) is 7.33. The van der Waals surface area contributed by atoms with Crippen molar-refractivity contribution in [3.8, 4) is 0 Å². The van der Waals surface area contributed by atoms with Crippen LogP contribution in [0.15, 0.2) is 0 Å². The molecule has 0 heterocycles. The van der Waals surface area contributed by atoms with Crippen LogP contribution in [0.5, 0.6) is 0 Å². The molecule has 3 nitrogen and oxygen atoms in total. The van der Waals surface area contributed by atoms with Crippen molar-refractivity contribution < 1.29 is 4.79 Å². The largest absolute Gasteiger partial charge is 0.350 e. The maximum atomic E-state index is 12.9. The molecule has 6 rings (SSSR count). The van der Waals surface area contributed by atoms with Gasteiger partial charge in [-0.05, 0) is 87.4 Å². The van der Waals surface area contributed by atoms with Crippen molar-refractivity contribution in [2.24, 2.45) is 41.2 Å². The minimum absolute atomic E-state index is 0.122. The fourth-order valence-corrected chi connectivity index (χ4v) is 7.33. The van der Waals surface area contributed by atoms with Crippen molar-refractivity contribution in [1.82, 2.24) is 5.32 Å². The molecule has 6 aliphatic carbocycles. The summed E-state index contributed by atoms with van der Waals surface area (Å²) in [6, 6.07) is 0.137. The van der Waals surface area contributed by atoms with Gasteiger partial charge in [0, 0.05) is 11.6 Å². The number of fused-ring (bicyclic) bond motifs is 2. The molecular weight excluding hydrogens is 260 g/mol. The smallest absolute Gasteiger partial charge is 0.225 e. The van der Waals surface area contributed by atoms with E-state index in [1.54, 1.807) is 0 Å². The topological polar surface area (TPSA) is 55.1 Å². The Labute approximate surface area is 127 Å². The number of hydrogen-bond acceptors (Lipinski definition) is 2. The van der Waals surface area contributed by atoms with E-state index in [0.29, 0.717) is 17.7 Å². The maximum Gasteiger partial charge on any atom is 0.225 e. The summed E-state index contributed by atoms with van der Waals surface area (Å²) in [4.78, 5) is 12.9. The molecule has 4 unspecified atom stereocenters. The molecule has 3 N–H and O–H groups in total. The van der Waals surface area contributed by atoms with Gasteiger partial charge in [0.1, 0.15) is 0 Å². The Balaban J connectivity index is 1.34. The molecule has 21 heavy (non-hydrogen) atoms. The van der Waals surface area contributed by atoms with Crippen LogP contribution >= 0.6 is 0 Å². The zero-order chi connectivity index (χ0) is 14.2. The molecule has 6 fully saturated rings. The molecule has 0 aromatic heterocycles. The molecule has 4 atom stereocenters. The molecule has 0 aromatic rings. The van der Waals surface area contributed by atoms with Crippen molar-refractivity contribution in [3.05, 3.63) is 0 Å². The summed E-state index contributed by atoms with van der Waals surface area (Å²) in [6.45, 7) is 0. The lowest BCUT2D eigenvalue weighted by atomic mass is 9.53. The molecule has 6 bridgehead atoms. The standard InChI is InChI=1S/C18H28N2O/c19-16-14-2-1-13(6-14)15(16)17(21)20-18-7-10-3-11(8-18)5-12(4-10)9-18/h10-16H,1-9,19H2,(H,20,21). The maximum absolute atomic E-state index is 12.9. The van der Waals surface area contributed by atoms with Crippen LogP contribution in [0.4, 0.5) is 0 Å². The van der Waals surface area contributed by atoms with E-state index >= 15 is 0 Å². The second-order valence-electron chi connectivity index (χ2n) is 9.12. The molecule has 0 radical (unpaired) electrons. The zero-order valence-corrected chi connectivity index (χ0v) is 12.9. The predicted octanol–water partition coefficient (Wildman–Crippen LogP) is 2.44. The highest BCUT2D eigenvalue weighted by molar-refractivity contribution is 5.81. The number of rotatable bonds is 2. The van der Waals surface area contributed by atoms with E-state index in [0.717, 1.165) is 17.8 Å². The van der Waals surface area contributed by atoms with Crippen molar-refractivity contribution in [1.29, 1.82) is 0 Å². The Morgan fingerprint density at radius 2 is 1.48 bits per heavy atom. The van der Waals surface area contributed by atoms with Gasteiger partial charge in [0.15, 0.2) is 0 Å². The van der Waals surface area contributed by atoms with Crippen LogP contribution < -0.4 is 11.1 Å². The van der Waals surface area contributed by atoms with Gasteiger partial charge in [-0.2, -0.15) is 0 Å². The van der Waals surface area contributed by atoms with Crippen LogP contribution in [-0.4, -0.2) is 17.5 Å². The third kappa shape index (κ3) is 1.85. The van der Waals surface area contributed by atoms with Gasteiger partial charge >= 0.3 is 0 Å². The minimum atomic E-state index is 0.122. The van der Waals surface area contributed by atoms with Gasteiger partial charge in [0.05, 0.1) is 5.92 Å². The average molecular weight is 288 g/mol. The molecule has 6 aliphatic rings. The first-order chi connectivity index (χ1) is 10.1. The zero-order valence-electron chi connectivity index (χ0n) is 12.9. The quantitative estimate of drug-likeness (QED) is 0.820. The summed E-state index contributed by atoms with van der Waals surface area (Å²) < 4.78 is 0. The van der Waals surface area contributed by atoms with Gasteiger partial charge in [-0.15, -0.1) is 0 Å². The number of hydrogen-bond donors (Lipinski definition) is 2. The van der Waals surface area contributed by atoms with Crippen molar-refractivity contribution >= 4 is 5.91 Å². The second kappa shape index (κ2) is 4.24. The molecule has 3 heteroatoms. The van der Waals surface area contributed by atoms with E-state index in [-0.39, 0.29) is 17.5 Å². The van der Waals surface area contributed by atoms with Gasteiger partial charge in [-0.1, -0.05) is 0 Å². The van der Waals surface area contributed by atoms with Crippen LogP contribution in [0.25, 0.3) is 0 Å². The highest BCUT2D eigenvalue weighted by atomic mass is 16.2. The minimum Gasteiger partial charge on any atom is -0.350 e. The van der Waals surface area contributed by atoms with E-state index in [2.05, 4.69) is 5.32 Å². The van der Waals surface area contributed by atoms with Gasteiger partial charge < -0.3 is 11.1 Å². The third-order valence-electron chi connectivity index (χ3n) is 7.71. The normalized spacial score (nSPS) is 56.9. The Morgan fingerprint density at radius 3 is 2.00 bits per heavy atom. The lowest BCUT2D eigenvalue weighted by Gasteiger charge is -2.57. The third-order valence-corrected chi connectivity index (χ3v) is 7.71. The molecule has 0 spiro atoms. The lowest BCUT2D eigenvalue weighted by molar-refractivity contribution is -0.132. The van der Waals surface area contributed by atoms with Crippen LogP contribution in [0.3, 0.4) is 0 Å². The summed E-state index contributed by atoms with van der Waals surface area (Å²) in [6.07, 6.45) is 11.8. The van der Waals surface area contributed by atoms with Crippen molar-refractivity contribution in [3.63, 3.8) is 0 Å². The van der Waals surface area contributed by atoms with E-state index in [9.17, 15) is 4.79 Å². The molecule has 0 saturated heterocycles. The molecule has 6 saturated carbocycles. The molecule has 1 amide bonds. The lowest BCUT2D eigenvalue weighted by Crippen LogP contribution is -2.62. The SMILES string of the molecule is NC1C2CCC(C2)C1C(=O)NC12CC3CC(CC(C3)C1)C2. The second-order valence-corrected chi connectivity index (χ2v) is 9.12. The first kappa shape index (κ1) is 12.9. The first-order valence-corrected chi connectivity index (χ1v) is 9.19. The van der Waals surface area contributed by atoms with Crippen LogP contribution in [0.2, 0.25) is 0 Å². The molecule has 0 aliphatic heterocycles. The van der Waals surface area contributed by atoms with Gasteiger partial charge in [0.2, 0.25) is 5.91 Å². The van der Waals surface area contributed by atoms with Gasteiger partial charge in [0.25, 0.3) is 0 Å². The summed E-state index contributed by atoms with van der Waals surface area (Å²) in [5.41, 5.74) is 6.53. The summed E-state index contributed by atoms with van der Waals surface area (Å²) in [5.74, 6) is 4.33. The molecular formula is C18H28N2O. The summed E-state index contributed by atoms with van der Waals surface area (Å²) in [7, 11) is 0. The average Bonchev–Trinajstić information content (AvgIpc) is 2.96. The number of amides is 1. The highest BCUT2D eigenvalue weighted by Crippen LogP contribution is 2.56. The van der Waals surface area contributed by atoms with Crippen molar-refractivity contribution in [2.45, 2.75) is 69.4 Å². The van der Waals surface area contributed by atoms with E-state index in [1.807, 2.05) is 0 Å². The first-order valence-electron chi connectivity index (χ1n) is 9.19. The Kier molecular flexibility index (Phi) is 2.61. The Bertz CT molecular complexity index is 437. The highest BCUT2D eigenvalue weighted by Gasteiger charge is 2.54. The monoisotopic (exact) mass is 288 g/mol. The fraction of sp³-hybridized carbons (Fsp3) is 0.944. The van der Waals surface area contributed by atoms with Gasteiger partial charge in [-0.3, -0.25) is 4.79 Å². The summed E-state index contributed by atoms with van der Waals surface area (Å²) in [5, 5.41) is 3.56. The number of carbonyl (C=O) groups is 1. The van der Waals surface area contributed by atoms with E-state index in [1.165, 1.54) is 57.8 Å².